The summed E-state index contributed by atoms with van der Waals surface area (Å²) < 4.78 is 43.7. The highest BCUT2D eigenvalue weighted by atomic mass is 19.4. The molecule has 1 N–H and O–H groups in total. The van der Waals surface area contributed by atoms with Crippen LogP contribution < -0.4 is 5.32 Å². The minimum Gasteiger partial charge on any atom is -0.468 e. The summed E-state index contributed by atoms with van der Waals surface area (Å²) in [5.74, 6) is -1.54. The average Bonchev–Trinajstić information content (AvgIpc) is 3.08. The minimum atomic E-state index is -4.51. The first kappa shape index (κ1) is 21.4. The minimum absolute atomic E-state index is 0.301. The van der Waals surface area contributed by atoms with E-state index < -0.39 is 41.1 Å². The Balaban J connectivity index is 2.14. The molecular formula is C22H18F3N3O2. The molecule has 2 aromatic carbocycles. The lowest BCUT2D eigenvalue weighted by atomic mass is 9.68. The van der Waals surface area contributed by atoms with Crippen LogP contribution in [-0.2, 0) is 15.7 Å². The van der Waals surface area contributed by atoms with Gasteiger partial charge < -0.3 is 4.74 Å². The standard InChI is InChI=1S/C22H18F3N3O2/c1-13-3-5-14(6-4-13)17-18(20(29)30-2)28-19(21(17,11-26)12-27)15-7-9-16(10-8-15)22(23,24)25/h3-10,17-19,28H,1-2H3/t17-,18+,19-/m0/s1. The van der Waals surface area contributed by atoms with Crippen LogP contribution in [-0.4, -0.2) is 19.1 Å². The third-order valence-corrected chi connectivity index (χ3v) is 5.46. The molecule has 0 bridgehead atoms. The number of carbonyl (C=O) groups is 1. The van der Waals surface area contributed by atoms with Crippen LogP contribution in [0.2, 0.25) is 0 Å². The zero-order chi connectivity index (χ0) is 22.1. The van der Waals surface area contributed by atoms with Gasteiger partial charge in [0, 0.05) is 5.92 Å². The van der Waals surface area contributed by atoms with Gasteiger partial charge in [-0.1, -0.05) is 42.0 Å². The second kappa shape index (κ2) is 7.81. The lowest BCUT2D eigenvalue weighted by Gasteiger charge is -2.27. The first-order chi connectivity index (χ1) is 14.2. The van der Waals surface area contributed by atoms with Crippen molar-refractivity contribution in [2.24, 2.45) is 5.41 Å². The van der Waals surface area contributed by atoms with Crippen molar-refractivity contribution in [2.75, 3.05) is 7.11 Å². The lowest BCUT2D eigenvalue weighted by Crippen LogP contribution is -2.37. The Morgan fingerprint density at radius 1 is 1.03 bits per heavy atom. The molecule has 0 amide bonds. The van der Waals surface area contributed by atoms with Crippen molar-refractivity contribution in [3.63, 3.8) is 0 Å². The SMILES string of the molecule is COC(=O)[C@@H]1N[C@@H](c2ccc(C(F)(F)F)cc2)C(C#N)(C#N)[C@H]1c1ccc(C)cc1. The van der Waals surface area contributed by atoms with E-state index in [-0.39, 0.29) is 0 Å². The van der Waals surface area contributed by atoms with E-state index in [4.69, 9.17) is 4.74 Å². The Kier molecular flexibility index (Phi) is 5.56. The molecular weight excluding hydrogens is 395 g/mol. The molecule has 0 aromatic heterocycles. The van der Waals surface area contributed by atoms with Crippen LogP contribution in [0.15, 0.2) is 48.5 Å². The quantitative estimate of drug-likeness (QED) is 0.769. The fourth-order valence-electron chi connectivity index (χ4n) is 3.93. The molecule has 0 aliphatic carbocycles. The maximum atomic E-state index is 12.9. The Morgan fingerprint density at radius 3 is 2.03 bits per heavy atom. The van der Waals surface area contributed by atoms with Crippen LogP contribution >= 0.6 is 0 Å². The van der Waals surface area contributed by atoms with Crippen molar-refractivity contribution in [2.45, 2.75) is 31.1 Å². The highest BCUT2D eigenvalue weighted by Crippen LogP contribution is 2.52. The number of nitrogens with one attached hydrogen (secondary N) is 1. The molecule has 1 aliphatic rings. The van der Waals surface area contributed by atoms with Gasteiger partial charge in [0.05, 0.1) is 30.9 Å². The van der Waals surface area contributed by atoms with Crippen LogP contribution in [0, 0.1) is 35.0 Å². The third-order valence-electron chi connectivity index (χ3n) is 5.46. The van der Waals surface area contributed by atoms with Gasteiger partial charge in [-0.3, -0.25) is 10.1 Å². The van der Waals surface area contributed by atoms with Crippen LogP contribution in [0.5, 0.6) is 0 Å². The summed E-state index contributed by atoms with van der Waals surface area (Å²) in [7, 11) is 1.20. The van der Waals surface area contributed by atoms with Gasteiger partial charge in [-0.05, 0) is 30.2 Å². The number of ether oxygens (including phenoxy) is 1. The van der Waals surface area contributed by atoms with Gasteiger partial charge in [0.15, 0.2) is 5.41 Å². The predicted octanol–water partition coefficient (Wildman–Crippen LogP) is 4.02. The lowest BCUT2D eigenvalue weighted by molar-refractivity contribution is -0.143. The summed E-state index contributed by atoms with van der Waals surface area (Å²) in [6.07, 6.45) is -4.51. The fourth-order valence-corrected chi connectivity index (χ4v) is 3.93. The summed E-state index contributed by atoms with van der Waals surface area (Å²) >= 11 is 0. The van der Waals surface area contributed by atoms with Gasteiger partial charge in [-0.15, -0.1) is 0 Å². The van der Waals surface area contributed by atoms with Gasteiger partial charge in [0.1, 0.15) is 6.04 Å². The molecule has 1 aliphatic heterocycles. The van der Waals surface area contributed by atoms with Crippen LogP contribution in [0.3, 0.4) is 0 Å². The van der Waals surface area contributed by atoms with Crippen molar-refractivity contribution in [3.05, 3.63) is 70.8 Å². The maximum absolute atomic E-state index is 12.9. The number of methoxy groups -OCH3 is 1. The zero-order valence-electron chi connectivity index (χ0n) is 16.2. The van der Waals surface area contributed by atoms with Crippen molar-refractivity contribution >= 4 is 5.97 Å². The molecule has 0 spiro atoms. The number of esters is 1. The van der Waals surface area contributed by atoms with Gasteiger partial charge in [-0.25, -0.2) is 0 Å². The number of halogens is 3. The summed E-state index contributed by atoms with van der Waals surface area (Å²) in [6, 6.07) is 13.3. The van der Waals surface area contributed by atoms with Crippen molar-refractivity contribution < 1.29 is 22.7 Å². The molecule has 1 fully saturated rings. The van der Waals surface area contributed by atoms with Gasteiger partial charge in [0.25, 0.3) is 0 Å². The highest BCUT2D eigenvalue weighted by Gasteiger charge is 2.60. The number of alkyl halides is 3. The van der Waals surface area contributed by atoms with Gasteiger partial charge in [-0.2, -0.15) is 23.7 Å². The first-order valence-corrected chi connectivity index (χ1v) is 9.08. The second-order valence-corrected chi connectivity index (χ2v) is 7.20. The maximum Gasteiger partial charge on any atom is 0.416 e. The molecule has 0 saturated carbocycles. The number of benzene rings is 2. The topological polar surface area (TPSA) is 85.9 Å². The molecule has 1 heterocycles. The number of rotatable bonds is 3. The summed E-state index contributed by atoms with van der Waals surface area (Å²) in [5.41, 5.74) is -0.745. The molecule has 2 aromatic rings. The van der Waals surface area contributed by atoms with Crippen LogP contribution in [0.1, 0.15) is 34.2 Å². The van der Waals surface area contributed by atoms with E-state index in [2.05, 4.69) is 5.32 Å². The third kappa shape index (κ3) is 3.51. The van der Waals surface area contributed by atoms with Crippen molar-refractivity contribution in [1.82, 2.24) is 5.32 Å². The molecule has 30 heavy (non-hydrogen) atoms. The summed E-state index contributed by atoms with van der Waals surface area (Å²) in [5, 5.41) is 23.1. The molecule has 3 atom stereocenters. The van der Waals surface area contributed by atoms with Crippen molar-refractivity contribution in [1.29, 1.82) is 10.5 Å². The Bertz CT molecular complexity index is 1000. The Hall–Kier alpha value is -3.36. The number of aryl methyl sites for hydroxylation is 1. The number of nitrogens with zero attached hydrogens (tertiary/aromatic N) is 2. The smallest absolute Gasteiger partial charge is 0.416 e. The van der Waals surface area contributed by atoms with E-state index in [0.717, 1.165) is 17.7 Å². The van der Waals surface area contributed by atoms with Crippen LogP contribution in [0.4, 0.5) is 13.2 Å². The number of carbonyl (C=O) groups excluding carboxylic acids is 1. The van der Waals surface area contributed by atoms with Crippen molar-refractivity contribution in [3.8, 4) is 12.1 Å². The van der Waals surface area contributed by atoms with E-state index in [1.54, 1.807) is 24.3 Å². The molecule has 154 valence electrons. The van der Waals surface area contributed by atoms with E-state index in [9.17, 15) is 28.5 Å². The normalized spacial score (nSPS) is 22.7. The monoisotopic (exact) mass is 413 g/mol. The second-order valence-electron chi connectivity index (χ2n) is 7.20. The van der Waals surface area contributed by atoms with Gasteiger partial charge in [0.2, 0.25) is 0 Å². The van der Waals surface area contributed by atoms with Crippen LogP contribution in [0.25, 0.3) is 0 Å². The number of hydrogen-bond donors (Lipinski definition) is 1. The highest BCUT2D eigenvalue weighted by molar-refractivity contribution is 5.79. The average molecular weight is 413 g/mol. The predicted molar refractivity (Wildman–Crippen MR) is 101 cm³/mol. The molecule has 8 heteroatoms. The zero-order valence-corrected chi connectivity index (χ0v) is 16.2. The fraction of sp³-hybridized carbons (Fsp3) is 0.318. The van der Waals surface area contributed by atoms with E-state index in [1.807, 2.05) is 19.1 Å². The number of nitriles is 2. The molecule has 0 radical (unpaired) electrons. The number of hydrogen-bond acceptors (Lipinski definition) is 5. The van der Waals surface area contributed by atoms with E-state index >= 15 is 0 Å². The Labute approximate surface area is 171 Å². The summed E-state index contributed by atoms with van der Waals surface area (Å²) in [6.45, 7) is 1.88. The first-order valence-electron chi connectivity index (χ1n) is 9.08. The largest absolute Gasteiger partial charge is 0.468 e. The molecule has 3 rings (SSSR count). The summed E-state index contributed by atoms with van der Waals surface area (Å²) in [4.78, 5) is 12.5. The molecule has 0 unspecified atom stereocenters. The van der Waals surface area contributed by atoms with E-state index in [1.165, 1.54) is 19.2 Å². The van der Waals surface area contributed by atoms with Gasteiger partial charge >= 0.3 is 12.1 Å². The molecule has 1 saturated heterocycles. The van der Waals surface area contributed by atoms with E-state index in [0.29, 0.717) is 11.1 Å². The Morgan fingerprint density at radius 2 is 1.57 bits per heavy atom. The molecule has 5 nitrogen and oxygen atoms in total.